The van der Waals surface area contributed by atoms with Crippen LogP contribution in [-0.2, 0) is 7.05 Å². The van der Waals surface area contributed by atoms with Crippen LogP contribution in [0, 0.1) is 0 Å². The van der Waals surface area contributed by atoms with Gasteiger partial charge in [0.25, 0.3) is 0 Å². The van der Waals surface area contributed by atoms with E-state index in [2.05, 4.69) is 36.5 Å². The maximum Gasteiger partial charge on any atom is 0.116 e. The van der Waals surface area contributed by atoms with Crippen LogP contribution in [0.1, 0.15) is 49.1 Å². The summed E-state index contributed by atoms with van der Waals surface area (Å²) < 4.78 is 2.05. The summed E-state index contributed by atoms with van der Waals surface area (Å²) in [6.07, 6.45) is 3.74. The Labute approximate surface area is 112 Å². The third-order valence-corrected chi connectivity index (χ3v) is 3.86. The Kier molecular flexibility index (Phi) is 4.14. The van der Waals surface area contributed by atoms with Crippen molar-refractivity contribution in [2.24, 2.45) is 7.05 Å². The van der Waals surface area contributed by atoms with Crippen LogP contribution in [0.4, 0.5) is 0 Å². The molecule has 2 heterocycles. The molecular weight excluding hydrogens is 244 g/mol. The van der Waals surface area contributed by atoms with Crippen LogP contribution in [0.25, 0.3) is 0 Å². The summed E-state index contributed by atoms with van der Waals surface area (Å²) in [5, 5.41) is 6.75. The zero-order valence-corrected chi connectivity index (χ0v) is 12.2. The largest absolute Gasteiger partial charge is 0.336 e. The van der Waals surface area contributed by atoms with Gasteiger partial charge in [-0.2, -0.15) is 0 Å². The quantitative estimate of drug-likeness (QED) is 0.903. The van der Waals surface area contributed by atoms with Crippen molar-refractivity contribution in [3.05, 3.63) is 34.3 Å². The number of hydrogen-bond acceptors (Lipinski definition) is 4. The van der Waals surface area contributed by atoms with E-state index in [4.69, 9.17) is 4.98 Å². The Morgan fingerprint density at radius 3 is 2.72 bits per heavy atom. The summed E-state index contributed by atoms with van der Waals surface area (Å²) in [5.74, 6) is 0.476. The Morgan fingerprint density at radius 1 is 1.44 bits per heavy atom. The molecule has 0 saturated heterocycles. The maximum absolute atomic E-state index is 4.74. The van der Waals surface area contributed by atoms with Crippen LogP contribution in [0.2, 0.25) is 0 Å². The van der Waals surface area contributed by atoms with Gasteiger partial charge in [-0.05, 0) is 12.5 Å². The van der Waals surface area contributed by atoms with Crippen molar-refractivity contribution in [2.45, 2.75) is 32.7 Å². The van der Waals surface area contributed by atoms with Crippen molar-refractivity contribution in [3.8, 4) is 0 Å². The Bertz CT molecular complexity index is 501. The topological polar surface area (TPSA) is 42.7 Å². The average molecular weight is 264 g/mol. The average Bonchev–Trinajstić information content (AvgIpc) is 2.95. The minimum Gasteiger partial charge on any atom is -0.336 e. The SMILES string of the molecule is CCNC(c1nc(C(C)C)cs1)c1cncn1C. The first-order valence-corrected chi connectivity index (χ1v) is 7.16. The van der Waals surface area contributed by atoms with E-state index in [1.165, 1.54) is 5.69 Å². The highest BCUT2D eigenvalue weighted by molar-refractivity contribution is 7.09. The molecule has 0 amide bonds. The minimum atomic E-state index is 0.139. The third kappa shape index (κ3) is 2.62. The van der Waals surface area contributed by atoms with Gasteiger partial charge in [0, 0.05) is 12.4 Å². The summed E-state index contributed by atoms with van der Waals surface area (Å²) in [6, 6.07) is 0.139. The number of nitrogens with zero attached hydrogens (tertiary/aromatic N) is 3. The van der Waals surface area contributed by atoms with Crippen LogP contribution in [0.5, 0.6) is 0 Å². The monoisotopic (exact) mass is 264 g/mol. The third-order valence-electron chi connectivity index (χ3n) is 2.94. The van der Waals surface area contributed by atoms with E-state index in [-0.39, 0.29) is 6.04 Å². The van der Waals surface area contributed by atoms with E-state index in [9.17, 15) is 0 Å². The molecule has 98 valence electrons. The molecule has 0 spiro atoms. The minimum absolute atomic E-state index is 0.139. The standard InChI is InChI=1S/C13H20N4S/c1-5-15-12(11-6-14-8-17(11)4)13-16-10(7-18-13)9(2)3/h6-9,12,15H,5H2,1-4H3. The molecule has 1 unspecified atom stereocenters. The first kappa shape index (κ1) is 13.2. The number of aryl methyl sites for hydroxylation is 1. The molecule has 0 saturated carbocycles. The van der Waals surface area contributed by atoms with Crippen LogP contribution in [0.15, 0.2) is 17.9 Å². The lowest BCUT2D eigenvalue weighted by Crippen LogP contribution is -2.23. The summed E-state index contributed by atoms with van der Waals surface area (Å²) in [6.45, 7) is 7.36. The molecule has 18 heavy (non-hydrogen) atoms. The number of thiazole rings is 1. The molecule has 2 aromatic heterocycles. The highest BCUT2D eigenvalue weighted by Gasteiger charge is 2.20. The number of nitrogens with one attached hydrogen (secondary N) is 1. The second kappa shape index (κ2) is 5.63. The number of rotatable bonds is 5. The molecule has 4 nitrogen and oxygen atoms in total. The van der Waals surface area contributed by atoms with Crippen LogP contribution >= 0.6 is 11.3 Å². The summed E-state index contributed by atoms with van der Waals surface area (Å²) in [5.41, 5.74) is 2.32. The van der Waals surface area contributed by atoms with Crippen molar-refractivity contribution in [2.75, 3.05) is 6.54 Å². The zero-order valence-electron chi connectivity index (χ0n) is 11.3. The second-order valence-electron chi connectivity index (χ2n) is 4.69. The van der Waals surface area contributed by atoms with Gasteiger partial charge in [0.05, 0.1) is 23.9 Å². The molecule has 0 bridgehead atoms. The highest BCUT2D eigenvalue weighted by Crippen LogP contribution is 2.27. The van der Waals surface area contributed by atoms with Crippen molar-refractivity contribution < 1.29 is 0 Å². The predicted molar refractivity (Wildman–Crippen MR) is 74.9 cm³/mol. The van der Waals surface area contributed by atoms with Gasteiger partial charge in [0.1, 0.15) is 11.0 Å². The molecule has 5 heteroatoms. The molecule has 2 aromatic rings. The van der Waals surface area contributed by atoms with Gasteiger partial charge in [-0.15, -0.1) is 11.3 Å². The van der Waals surface area contributed by atoms with Gasteiger partial charge < -0.3 is 9.88 Å². The van der Waals surface area contributed by atoms with Gasteiger partial charge in [-0.1, -0.05) is 20.8 Å². The zero-order chi connectivity index (χ0) is 13.1. The lowest BCUT2D eigenvalue weighted by atomic mass is 10.1. The lowest BCUT2D eigenvalue weighted by molar-refractivity contribution is 0.588. The number of hydrogen-bond donors (Lipinski definition) is 1. The molecule has 0 aliphatic rings. The summed E-state index contributed by atoms with van der Waals surface area (Å²) in [7, 11) is 2.02. The van der Waals surface area contributed by atoms with E-state index < -0.39 is 0 Å². The van der Waals surface area contributed by atoms with Crippen LogP contribution in [-0.4, -0.2) is 21.1 Å². The fourth-order valence-corrected chi connectivity index (χ4v) is 2.93. The van der Waals surface area contributed by atoms with Crippen molar-refractivity contribution in [3.63, 3.8) is 0 Å². The first-order valence-electron chi connectivity index (χ1n) is 6.28. The highest BCUT2D eigenvalue weighted by atomic mass is 32.1. The van der Waals surface area contributed by atoms with Gasteiger partial charge in [-0.25, -0.2) is 9.97 Å². The molecule has 1 atom stereocenters. The van der Waals surface area contributed by atoms with Crippen molar-refractivity contribution >= 4 is 11.3 Å². The molecule has 0 aliphatic carbocycles. The fourth-order valence-electron chi connectivity index (χ4n) is 1.87. The van der Waals surface area contributed by atoms with Gasteiger partial charge in [-0.3, -0.25) is 0 Å². The summed E-state index contributed by atoms with van der Waals surface area (Å²) >= 11 is 1.72. The lowest BCUT2D eigenvalue weighted by Gasteiger charge is -2.15. The van der Waals surface area contributed by atoms with Crippen molar-refractivity contribution in [1.29, 1.82) is 0 Å². The number of aromatic nitrogens is 3. The molecular formula is C13H20N4S. The predicted octanol–water partition coefficient (Wildman–Crippen LogP) is 2.70. The first-order chi connectivity index (χ1) is 8.63. The summed E-state index contributed by atoms with van der Waals surface area (Å²) in [4.78, 5) is 8.93. The molecule has 2 rings (SSSR count). The molecule has 0 aromatic carbocycles. The fraction of sp³-hybridized carbons (Fsp3) is 0.538. The van der Waals surface area contributed by atoms with E-state index >= 15 is 0 Å². The second-order valence-corrected chi connectivity index (χ2v) is 5.58. The molecule has 0 aliphatic heterocycles. The molecule has 1 N–H and O–H groups in total. The van der Waals surface area contributed by atoms with E-state index in [0.717, 1.165) is 17.2 Å². The Hall–Kier alpha value is -1.20. The Morgan fingerprint density at radius 2 is 2.22 bits per heavy atom. The van der Waals surface area contributed by atoms with E-state index in [0.29, 0.717) is 5.92 Å². The van der Waals surface area contributed by atoms with Crippen LogP contribution < -0.4 is 5.32 Å². The van der Waals surface area contributed by atoms with Gasteiger partial charge in [0.15, 0.2) is 0 Å². The smallest absolute Gasteiger partial charge is 0.116 e. The molecule has 0 radical (unpaired) electrons. The van der Waals surface area contributed by atoms with Gasteiger partial charge >= 0.3 is 0 Å². The maximum atomic E-state index is 4.74. The Balaban J connectivity index is 2.32. The molecule has 0 fully saturated rings. The van der Waals surface area contributed by atoms with Crippen LogP contribution in [0.3, 0.4) is 0 Å². The number of imidazole rings is 1. The van der Waals surface area contributed by atoms with E-state index in [1.54, 1.807) is 11.3 Å². The van der Waals surface area contributed by atoms with Crippen molar-refractivity contribution in [1.82, 2.24) is 19.9 Å². The van der Waals surface area contributed by atoms with E-state index in [1.807, 2.05) is 24.1 Å². The normalized spacial score (nSPS) is 13.2. The van der Waals surface area contributed by atoms with Gasteiger partial charge in [0.2, 0.25) is 0 Å².